The van der Waals surface area contributed by atoms with Crippen molar-refractivity contribution in [1.29, 1.82) is 0 Å². The molecule has 1 saturated heterocycles. The molecule has 0 aromatic rings. The second-order valence-corrected chi connectivity index (χ2v) is 26.9. The van der Waals surface area contributed by atoms with Crippen molar-refractivity contribution in [3.05, 3.63) is 72.9 Å². The third-order valence-corrected chi connectivity index (χ3v) is 18.5. The standard InChI is InChI=1S/C72H134N4O6S2/c1-5-9-13-17-21-23-25-27-29-31-33-35-39-43-50-70(79)66-76(67-71(80)51-44-40-36-34-32-30-28-26-24-22-18-14-10-6-2)54-47-52-72(81)82-61-59-73-55-57-74(58-56-73)60-63-84-83-62-46-45-53-75(64-68(77)48-41-37-19-15-11-7-3)65-69(78)49-42-38-20-16-12-8-4/h9-10,13-14,21-24,27-30,68-71,77-80H,5-8,11-12,15-20,25-26,31-67H2,1-4H3/b13-9-,14-10-,23-21-,24-22-,29-27-,30-28-/t68?,69?,70-,71-/m1/s1. The van der Waals surface area contributed by atoms with Gasteiger partial charge >= 0.3 is 5.97 Å². The van der Waals surface area contributed by atoms with Crippen LogP contribution < -0.4 is 0 Å². The largest absolute Gasteiger partial charge is 0.464 e. The number of carbonyl (C=O) groups is 1. The number of aliphatic hydroxyl groups is 4. The quantitative estimate of drug-likeness (QED) is 0.0201. The van der Waals surface area contributed by atoms with Crippen molar-refractivity contribution in [2.75, 3.05) is 96.6 Å². The van der Waals surface area contributed by atoms with Crippen LogP contribution in [-0.4, -0.2) is 167 Å². The van der Waals surface area contributed by atoms with E-state index in [1.807, 2.05) is 21.6 Å². The first kappa shape index (κ1) is 80.3. The van der Waals surface area contributed by atoms with Gasteiger partial charge in [-0.15, -0.1) is 0 Å². The Balaban J connectivity index is 2.41. The van der Waals surface area contributed by atoms with Gasteiger partial charge in [0.2, 0.25) is 0 Å². The highest BCUT2D eigenvalue weighted by Gasteiger charge is 2.20. The van der Waals surface area contributed by atoms with E-state index in [4.69, 9.17) is 4.74 Å². The Morgan fingerprint density at radius 1 is 0.417 bits per heavy atom. The van der Waals surface area contributed by atoms with Gasteiger partial charge in [-0.2, -0.15) is 0 Å². The summed E-state index contributed by atoms with van der Waals surface area (Å²) in [5.41, 5.74) is 0. The molecule has 2 unspecified atom stereocenters. The molecule has 0 aromatic carbocycles. The van der Waals surface area contributed by atoms with Crippen molar-refractivity contribution >= 4 is 27.6 Å². The average molecular weight is 1220 g/mol. The van der Waals surface area contributed by atoms with E-state index < -0.39 is 12.2 Å². The zero-order chi connectivity index (χ0) is 60.9. The third kappa shape index (κ3) is 55.6. The summed E-state index contributed by atoms with van der Waals surface area (Å²) in [6.45, 7) is 19.2. The van der Waals surface area contributed by atoms with Crippen LogP contribution in [0.5, 0.6) is 0 Å². The van der Waals surface area contributed by atoms with Gasteiger partial charge in [0.25, 0.3) is 0 Å². The van der Waals surface area contributed by atoms with Gasteiger partial charge in [0.1, 0.15) is 6.61 Å². The fourth-order valence-electron chi connectivity index (χ4n) is 10.9. The number of hydrogen-bond donors (Lipinski definition) is 4. The van der Waals surface area contributed by atoms with Gasteiger partial charge in [-0.1, -0.05) is 238 Å². The highest BCUT2D eigenvalue weighted by molar-refractivity contribution is 8.76. The van der Waals surface area contributed by atoms with Gasteiger partial charge in [-0.05, 0) is 122 Å². The summed E-state index contributed by atoms with van der Waals surface area (Å²) in [6.07, 6.45) is 64.1. The molecular formula is C72H134N4O6S2. The van der Waals surface area contributed by atoms with Crippen molar-refractivity contribution < 1.29 is 30.0 Å². The Kier molecular flexibility index (Phi) is 60.1. The predicted octanol–water partition coefficient (Wildman–Crippen LogP) is 17.0. The molecule has 0 aliphatic carbocycles. The summed E-state index contributed by atoms with van der Waals surface area (Å²) < 4.78 is 5.74. The number of allylic oxidation sites excluding steroid dienone is 12. The minimum atomic E-state index is -0.446. The third-order valence-electron chi connectivity index (χ3n) is 16.1. The van der Waals surface area contributed by atoms with Gasteiger partial charge in [0.15, 0.2) is 0 Å². The normalized spacial score (nSPS) is 15.5. The minimum absolute atomic E-state index is 0.158. The molecule has 490 valence electrons. The van der Waals surface area contributed by atoms with Crippen LogP contribution in [-0.2, 0) is 9.53 Å². The first-order chi connectivity index (χ1) is 41.2. The fourth-order valence-corrected chi connectivity index (χ4v) is 13.0. The molecule has 0 bridgehead atoms. The summed E-state index contributed by atoms with van der Waals surface area (Å²) in [7, 11) is 3.97. The van der Waals surface area contributed by atoms with E-state index >= 15 is 0 Å². The summed E-state index contributed by atoms with van der Waals surface area (Å²) in [5.74, 6) is 2.08. The van der Waals surface area contributed by atoms with Gasteiger partial charge in [0.05, 0.1) is 24.4 Å². The van der Waals surface area contributed by atoms with E-state index in [0.717, 1.165) is 186 Å². The number of carbonyl (C=O) groups excluding carboxylic acids is 1. The second-order valence-electron chi connectivity index (χ2n) is 24.2. The molecule has 1 aliphatic rings. The first-order valence-corrected chi connectivity index (χ1v) is 37.6. The van der Waals surface area contributed by atoms with Gasteiger partial charge in [-0.25, -0.2) is 0 Å². The molecule has 4 N–H and O–H groups in total. The van der Waals surface area contributed by atoms with E-state index in [2.05, 4.69) is 120 Å². The molecule has 0 radical (unpaired) electrons. The van der Waals surface area contributed by atoms with Crippen molar-refractivity contribution in [3.8, 4) is 0 Å². The minimum Gasteiger partial charge on any atom is -0.464 e. The lowest BCUT2D eigenvalue weighted by atomic mass is 10.1. The number of aliphatic hydroxyl groups excluding tert-OH is 4. The van der Waals surface area contributed by atoms with E-state index in [1.165, 1.54) is 89.9 Å². The maximum absolute atomic E-state index is 12.9. The Bertz CT molecular complexity index is 1510. The molecule has 0 aromatic heterocycles. The van der Waals surface area contributed by atoms with Gasteiger partial charge < -0.3 is 25.2 Å². The Morgan fingerprint density at radius 2 is 0.774 bits per heavy atom. The molecule has 84 heavy (non-hydrogen) atoms. The lowest BCUT2D eigenvalue weighted by Crippen LogP contribution is -2.47. The summed E-state index contributed by atoms with van der Waals surface area (Å²) >= 11 is 0. The average Bonchev–Trinajstić information content (AvgIpc) is 3.56. The van der Waals surface area contributed by atoms with Crippen LogP contribution in [0.25, 0.3) is 0 Å². The summed E-state index contributed by atoms with van der Waals surface area (Å²) in [5, 5.41) is 44.1. The van der Waals surface area contributed by atoms with E-state index in [9.17, 15) is 25.2 Å². The molecule has 0 amide bonds. The maximum atomic E-state index is 12.9. The van der Waals surface area contributed by atoms with E-state index in [-0.39, 0.29) is 18.2 Å². The second kappa shape index (κ2) is 62.9. The van der Waals surface area contributed by atoms with Crippen LogP contribution in [0.1, 0.15) is 259 Å². The molecular weight excluding hydrogens is 1080 g/mol. The molecule has 1 fully saturated rings. The van der Waals surface area contributed by atoms with Crippen LogP contribution >= 0.6 is 21.6 Å². The van der Waals surface area contributed by atoms with Crippen molar-refractivity contribution in [1.82, 2.24) is 19.6 Å². The van der Waals surface area contributed by atoms with Crippen LogP contribution in [0.4, 0.5) is 0 Å². The number of unbranched alkanes of at least 4 members (excludes halogenated alkanes) is 19. The van der Waals surface area contributed by atoms with Gasteiger partial charge in [0, 0.05) is 83.4 Å². The molecule has 10 nitrogen and oxygen atoms in total. The zero-order valence-corrected chi connectivity index (χ0v) is 56.6. The van der Waals surface area contributed by atoms with Crippen molar-refractivity contribution in [3.63, 3.8) is 0 Å². The monoisotopic (exact) mass is 1210 g/mol. The number of piperazine rings is 1. The molecule has 1 rings (SSSR count). The van der Waals surface area contributed by atoms with E-state index in [1.54, 1.807) is 0 Å². The van der Waals surface area contributed by atoms with Crippen LogP contribution in [0.2, 0.25) is 0 Å². The number of esters is 1. The topological polar surface area (TPSA) is 120 Å². The summed E-state index contributed by atoms with van der Waals surface area (Å²) in [4.78, 5) is 22.4. The number of nitrogens with zero attached hydrogens (tertiary/aromatic N) is 4. The van der Waals surface area contributed by atoms with E-state index in [0.29, 0.717) is 52.2 Å². The smallest absolute Gasteiger partial charge is 0.305 e. The lowest BCUT2D eigenvalue weighted by molar-refractivity contribution is -0.144. The molecule has 4 atom stereocenters. The van der Waals surface area contributed by atoms with Crippen molar-refractivity contribution in [2.24, 2.45) is 0 Å². The molecule has 0 saturated carbocycles. The Labute approximate surface area is 527 Å². The molecule has 0 spiro atoms. The fraction of sp³-hybridized carbons (Fsp3) is 0.819. The Hall–Kier alpha value is -1.71. The van der Waals surface area contributed by atoms with Crippen LogP contribution in [0.3, 0.4) is 0 Å². The number of rotatable bonds is 62. The van der Waals surface area contributed by atoms with Crippen molar-refractivity contribution in [2.45, 2.75) is 283 Å². The maximum Gasteiger partial charge on any atom is 0.305 e. The first-order valence-electron chi connectivity index (χ1n) is 35.1. The zero-order valence-electron chi connectivity index (χ0n) is 55.0. The Morgan fingerprint density at radius 3 is 1.20 bits per heavy atom. The van der Waals surface area contributed by atoms with Gasteiger partial charge in [-0.3, -0.25) is 24.4 Å². The van der Waals surface area contributed by atoms with Crippen LogP contribution in [0, 0.1) is 0 Å². The lowest BCUT2D eigenvalue weighted by Gasteiger charge is -2.34. The highest BCUT2D eigenvalue weighted by Crippen LogP contribution is 2.23. The molecule has 1 heterocycles. The highest BCUT2D eigenvalue weighted by atomic mass is 33.1. The predicted molar refractivity (Wildman–Crippen MR) is 369 cm³/mol. The van der Waals surface area contributed by atoms with Crippen LogP contribution in [0.15, 0.2) is 72.9 Å². The SMILES string of the molecule is CC/C=C\C/C=C\C/C=C\CCCCCC[C@@H](O)CN(CCCC(=O)OCCN1CCN(CCSSCCCCN(CC(O)CCCCCCCC)CC(O)CCCCCCCC)CC1)C[C@H](O)CCCCCC/C=C\C/C=C\C/C=C\CC. The molecule has 1 aliphatic heterocycles. The number of hydrogen-bond acceptors (Lipinski definition) is 12. The number of ether oxygens (including phenoxy) is 1. The molecule has 12 heteroatoms. The summed E-state index contributed by atoms with van der Waals surface area (Å²) in [6, 6.07) is 0.